The van der Waals surface area contributed by atoms with Crippen molar-refractivity contribution in [3.8, 4) is 11.1 Å². The maximum Gasteiger partial charge on any atom is 0.357 e. The number of hydrogen-bond acceptors (Lipinski definition) is 4. The third kappa shape index (κ3) is 4.07. The lowest BCUT2D eigenvalue weighted by Crippen LogP contribution is -2.10. The highest BCUT2D eigenvalue weighted by Gasteiger charge is 2.29. The second-order valence-corrected chi connectivity index (χ2v) is 8.76. The van der Waals surface area contributed by atoms with E-state index in [4.69, 9.17) is 9.72 Å². The predicted octanol–water partition coefficient (Wildman–Crippen LogP) is 5.81. The molecule has 1 saturated carbocycles. The number of aromatic carboxylic acids is 1. The molecule has 2 aromatic carbocycles. The molecule has 0 unspecified atom stereocenters. The van der Waals surface area contributed by atoms with Gasteiger partial charge in [-0.25, -0.2) is 14.6 Å². The Morgan fingerprint density at radius 1 is 1.09 bits per heavy atom. The number of ether oxygens (including phenoxy) is 1. The van der Waals surface area contributed by atoms with E-state index in [1.54, 1.807) is 25.1 Å². The van der Waals surface area contributed by atoms with E-state index in [1.165, 1.54) is 5.69 Å². The lowest BCUT2D eigenvalue weighted by atomic mass is 9.99. The van der Waals surface area contributed by atoms with E-state index in [0.717, 1.165) is 40.6 Å². The highest BCUT2D eigenvalue weighted by atomic mass is 16.5. The molecule has 5 rings (SSSR count). The number of aryl methyl sites for hydroxylation is 1. The van der Waals surface area contributed by atoms with Crippen LogP contribution in [0.3, 0.4) is 0 Å². The minimum Gasteiger partial charge on any atom is -0.478 e. The van der Waals surface area contributed by atoms with Crippen LogP contribution >= 0.6 is 0 Å². The average molecular weight is 455 g/mol. The smallest absolute Gasteiger partial charge is 0.357 e. The van der Waals surface area contributed by atoms with Crippen molar-refractivity contribution in [2.75, 3.05) is 6.61 Å². The normalized spacial score (nSPS) is 13.2. The summed E-state index contributed by atoms with van der Waals surface area (Å²) in [5.41, 5.74) is 6.30. The Kier molecular flexibility index (Phi) is 5.65. The van der Waals surface area contributed by atoms with Crippen LogP contribution < -0.4 is 0 Å². The van der Waals surface area contributed by atoms with Crippen molar-refractivity contribution in [1.29, 1.82) is 0 Å². The standard InChI is InChI=1S/C28H26N2O4/c1-3-34-28(33)24-14-17(2)23-15-25(20-12-13-20)30(26(23)29-24)16-18-8-10-19(11-9-18)21-6-4-5-7-22(21)27(31)32/h4-11,14-15,20H,3,12-13,16H2,1-2H3,(H,31,32). The average Bonchev–Trinajstić information content (AvgIpc) is 3.62. The summed E-state index contributed by atoms with van der Waals surface area (Å²) in [6, 6.07) is 19.0. The predicted molar refractivity (Wildman–Crippen MR) is 130 cm³/mol. The summed E-state index contributed by atoms with van der Waals surface area (Å²) >= 11 is 0. The van der Waals surface area contributed by atoms with Gasteiger partial charge in [-0.1, -0.05) is 42.5 Å². The van der Waals surface area contributed by atoms with E-state index in [9.17, 15) is 14.7 Å². The molecule has 1 fully saturated rings. The number of fused-ring (bicyclic) bond motifs is 1. The molecule has 0 amide bonds. The van der Waals surface area contributed by atoms with Crippen LogP contribution in [0, 0.1) is 6.92 Å². The molecule has 0 bridgehead atoms. The Morgan fingerprint density at radius 2 is 1.82 bits per heavy atom. The molecule has 0 saturated heterocycles. The largest absolute Gasteiger partial charge is 0.478 e. The maximum absolute atomic E-state index is 12.4. The third-order valence-electron chi connectivity index (χ3n) is 6.35. The fourth-order valence-corrected chi connectivity index (χ4v) is 4.48. The number of rotatable bonds is 7. The van der Waals surface area contributed by atoms with Gasteiger partial charge in [0.25, 0.3) is 0 Å². The molecular weight excluding hydrogens is 428 g/mol. The zero-order valence-electron chi connectivity index (χ0n) is 19.2. The summed E-state index contributed by atoms with van der Waals surface area (Å²) in [6.45, 7) is 4.72. The number of esters is 1. The van der Waals surface area contributed by atoms with Crippen molar-refractivity contribution < 1.29 is 19.4 Å². The van der Waals surface area contributed by atoms with Crippen molar-refractivity contribution in [3.05, 3.63) is 88.7 Å². The van der Waals surface area contributed by atoms with Gasteiger partial charge in [-0.05, 0) is 73.1 Å². The number of carboxylic acids is 1. The number of carboxylic acid groups (broad SMARTS) is 1. The molecule has 1 N–H and O–H groups in total. The zero-order chi connectivity index (χ0) is 23.8. The number of aromatic nitrogens is 2. The minimum atomic E-state index is -0.939. The van der Waals surface area contributed by atoms with Crippen LogP contribution in [-0.4, -0.2) is 33.2 Å². The van der Waals surface area contributed by atoms with E-state index < -0.39 is 11.9 Å². The summed E-state index contributed by atoms with van der Waals surface area (Å²) < 4.78 is 7.40. The zero-order valence-corrected chi connectivity index (χ0v) is 19.2. The van der Waals surface area contributed by atoms with Crippen molar-refractivity contribution >= 4 is 23.0 Å². The fourth-order valence-electron chi connectivity index (χ4n) is 4.48. The summed E-state index contributed by atoms with van der Waals surface area (Å²) in [4.78, 5) is 28.7. The molecule has 0 spiro atoms. The van der Waals surface area contributed by atoms with Crippen LogP contribution in [0.1, 0.15) is 63.4 Å². The molecule has 4 aromatic rings. The number of nitrogens with zero attached hydrogens (tertiary/aromatic N) is 2. The van der Waals surface area contributed by atoms with Gasteiger partial charge in [0.05, 0.1) is 12.2 Å². The number of pyridine rings is 1. The van der Waals surface area contributed by atoms with E-state index in [-0.39, 0.29) is 5.56 Å². The van der Waals surface area contributed by atoms with Crippen molar-refractivity contribution in [1.82, 2.24) is 9.55 Å². The molecule has 6 nitrogen and oxygen atoms in total. The van der Waals surface area contributed by atoms with Gasteiger partial charge in [-0.2, -0.15) is 0 Å². The van der Waals surface area contributed by atoms with Crippen LogP contribution in [0.25, 0.3) is 22.2 Å². The van der Waals surface area contributed by atoms with Gasteiger partial charge >= 0.3 is 11.9 Å². The Hall–Kier alpha value is -3.93. The SMILES string of the molecule is CCOC(=O)c1cc(C)c2cc(C3CC3)n(Cc3ccc(-c4ccccc4C(=O)O)cc3)c2n1. The number of carbonyl (C=O) groups is 2. The molecule has 0 radical (unpaired) electrons. The molecule has 0 aliphatic heterocycles. The lowest BCUT2D eigenvalue weighted by Gasteiger charge is -2.12. The monoisotopic (exact) mass is 454 g/mol. The van der Waals surface area contributed by atoms with Gasteiger partial charge in [0.2, 0.25) is 0 Å². The molecule has 34 heavy (non-hydrogen) atoms. The van der Waals surface area contributed by atoms with Crippen LogP contribution in [0.15, 0.2) is 60.7 Å². The van der Waals surface area contributed by atoms with Crippen LogP contribution in [-0.2, 0) is 11.3 Å². The maximum atomic E-state index is 12.4. The molecule has 0 atom stereocenters. The summed E-state index contributed by atoms with van der Waals surface area (Å²) in [6.07, 6.45) is 2.32. The molecule has 1 aliphatic carbocycles. The Balaban J connectivity index is 1.53. The van der Waals surface area contributed by atoms with Crippen LogP contribution in [0.5, 0.6) is 0 Å². The Morgan fingerprint density at radius 3 is 2.50 bits per heavy atom. The topological polar surface area (TPSA) is 81.4 Å². The van der Waals surface area contributed by atoms with E-state index in [0.29, 0.717) is 30.3 Å². The second-order valence-electron chi connectivity index (χ2n) is 8.76. The van der Waals surface area contributed by atoms with Crippen molar-refractivity contribution in [2.24, 2.45) is 0 Å². The minimum absolute atomic E-state index is 0.286. The van der Waals surface area contributed by atoms with E-state index in [2.05, 4.69) is 10.6 Å². The molecule has 6 heteroatoms. The van der Waals surface area contributed by atoms with Gasteiger partial charge in [-0.15, -0.1) is 0 Å². The first-order valence-corrected chi connectivity index (χ1v) is 11.6. The first kappa shape index (κ1) is 21.9. The summed E-state index contributed by atoms with van der Waals surface area (Å²) in [5, 5.41) is 10.6. The van der Waals surface area contributed by atoms with E-state index in [1.807, 2.05) is 43.3 Å². The summed E-state index contributed by atoms with van der Waals surface area (Å²) in [7, 11) is 0. The lowest BCUT2D eigenvalue weighted by molar-refractivity contribution is 0.0519. The van der Waals surface area contributed by atoms with Gasteiger partial charge in [0.15, 0.2) is 5.69 Å². The van der Waals surface area contributed by atoms with E-state index >= 15 is 0 Å². The third-order valence-corrected chi connectivity index (χ3v) is 6.35. The van der Waals surface area contributed by atoms with Crippen molar-refractivity contribution in [2.45, 2.75) is 39.2 Å². The highest BCUT2D eigenvalue weighted by molar-refractivity contribution is 5.96. The first-order chi connectivity index (χ1) is 16.5. The molecule has 1 aliphatic rings. The van der Waals surface area contributed by atoms with Crippen LogP contribution in [0.2, 0.25) is 0 Å². The highest BCUT2D eigenvalue weighted by Crippen LogP contribution is 2.43. The number of hydrogen-bond donors (Lipinski definition) is 1. The molecule has 2 heterocycles. The Labute approximate surface area is 197 Å². The molecular formula is C28H26N2O4. The molecule has 2 aromatic heterocycles. The second kappa shape index (κ2) is 8.78. The summed E-state index contributed by atoms with van der Waals surface area (Å²) in [5.74, 6) is -0.831. The molecule has 172 valence electrons. The van der Waals surface area contributed by atoms with Gasteiger partial charge in [0.1, 0.15) is 5.65 Å². The van der Waals surface area contributed by atoms with Gasteiger partial charge < -0.3 is 14.4 Å². The number of benzene rings is 2. The van der Waals surface area contributed by atoms with Crippen LogP contribution in [0.4, 0.5) is 0 Å². The fraction of sp³-hybridized carbons (Fsp3) is 0.250. The quantitative estimate of drug-likeness (QED) is 0.356. The van der Waals surface area contributed by atoms with Crippen molar-refractivity contribution in [3.63, 3.8) is 0 Å². The van der Waals surface area contributed by atoms with Gasteiger partial charge in [-0.3, -0.25) is 0 Å². The first-order valence-electron chi connectivity index (χ1n) is 11.6. The Bertz CT molecular complexity index is 1400. The number of carbonyl (C=O) groups excluding carboxylic acids is 1. The van der Waals surface area contributed by atoms with Gasteiger partial charge in [0, 0.05) is 17.6 Å².